The molecular weight excluding hydrogens is 252 g/mol. The third kappa shape index (κ3) is 2.45. The van der Waals surface area contributed by atoms with E-state index in [4.69, 9.17) is 0 Å². The first kappa shape index (κ1) is 13.1. The van der Waals surface area contributed by atoms with Crippen molar-refractivity contribution in [2.24, 2.45) is 0 Å². The van der Waals surface area contributed by atoms with Crippen LogP contribution in [0, 0.1) is 11.6 Å². The highest BCUT2D eigenvalue weighted by Gasteiger charge is 2.13. The summed E-state index contributed by atoms with van der Waals surface area (Å²) in [4.78, 5) is 22.6. The van der Waals surface area contributed by atoms with Crippen molar-refractivity contribution < 1.29 is 13.6 Å². The fourth-order valence-corrected chi connectivity index (χ4v) is 1.85. The number of rotatable bonds is 3. The molecule has 19 heavy (non-hydrogen) atoms. The lowest BCUT2D eigenvalue weighted by atomic mass is 10.1. The second-order valence-electron chi connectivity index (χ2n) is 4.14. The minimum Gasteiger partial charge on any atom is -0.308 e. The van der Waals surface area contributed by atoms with Gasteiger partial charge in [0.1, 0.15) is 0 Å². The molecule has 0 fully saturated rings. The van der Waals surface area contributed by atoms with Gasteiger partial charge < -0.3 is 4.57 Å². The largest absolute Gasteiger partial charge is 0.308 e. The summed E-state index contributed by atoms with van der Waals surface area (Å²) in [5.41, 5.74) is 0.00992. The Morgan fingerprint density at radius 2 is 1.95 bits per heavy atom. The number of pyridine rings is 1. The van der Waals surface area contributed by atoms with E-state index in [1.54, 1.807) is 13.0 Å². The summed E-state index contributed by atoms with van der Waals surface area (Å²) in [5.74, 6) is -1.91. The average molecular weight is 263 g/mol. The van der Waals surface area contributed by atoms with E-state index in [-0.39, 0.29) is 5.56 Å². The minimum atomic E-state index is -0.969. The van der Waals surface area contributed by atoms with Crippen LogP contribution in [-0.4, -0.2) is 10.9 Å². The van der Waals surface area contributed by atoms with Gasteiger partial charge in [0.2, 0.25) is 0 Å². The van der Waals surface area contributed by atoms with E-state index in [2.05, 4.69) is 0 Å². The lowest BCUT2D eigenvalue weighted by Gasteiger charge is -2.16. The van der Waals surface area contributed by atoms with Crippen LogP contribution in [0.1, 0.15) is 28.9 Å². The van der Waals surface area contributed by atoms with E-state index >= 15 is 0 Å². The minimum absolute atomic E-state index is 0.0249. The quantitative estimate of drug-likeness (QED) is 0.798. The first-order valence-electron chi connectivity index (χ1n) is 5.66. The summed E-state index contributed by atoms with van der Waals surface area (Å²) in [6.07, 6.45) is 1.97. The first-order chi connectivity index (χ1) is 9.04. The van der Waals surface area contributed by atoms with Gasteiger partial charge in [-0.05, 0) is 36.8 Å². The Balaban J connectivity index is 2.49. The number of carbonyl (C=O) groups excluding carboxylic acids is 1. The van der Waals surface area contributed by atoms with Gasteiger partial charge in [-0.15, -0.1) is 0 Å². The van der Waals surface area contributed by atoms with E-state index in [0.717, 1.165) is 12.1 Å². The molecule has 1 aromatic heterocycles. The predicted molar refractivity (Wildman–Crippen MR) is 66.3 cm³/mol. The molecule has 98 valence electrons. The van der Waals surface area contributed by atoms with Gasteiger partial charge >= 0.3 is 0 Å². The number of aldehydes is 1. The summed E-state index contributed by atoms with van der Waals surface area (Å²) in [6.45, 7) is 1.67. The maximum Gasteiger partial charge on any atom is 0.261 e. The molecule has 0 aliphatic carbocycles. The van der Waals surface area contributed by atoms with Gasteiger partial charge in [0, 0.05) is 6.20 Å². The maximum atomic E-state index is 13.2. The van der Waals surface area contributed by atoms with E-state index in [1.165, 1.54) is 22.9 Å². The standard InChI is InChI=1S/C14H11F2NO2/c1-9(10-4-5-12(15)13(16)7-10)17-6-2-3-11(8-18)14(17)19/h2-9H,1H3. The lowest BCUT2D eigenvalue weighted by molar-refractivity contribution is 0.112. The van der Waals surface area contributed by atoms with Crippen molar-refractivity contribution >= 4 is 6.29 Å². The van der Waals surface area contributed by atoms with Gasteiger partial charge in [-0.3, -0.25) is 9.59 Å². The van der Waals surface area contributed by atoms with E-state index in [0.29, 0.717) is 11.8 Å². The summed E-state index contributed by atoms with van der Waals surface area (Å²) >= 11 is 0. The highest BCUT2D eigenvalue weighted by atomic mass is 19.2. The van der Waals surface area contributed by atoms with E-state index < -0.39 is 23.2 Å². The van der Waals surface area contributed by atoms with Crippen molar-refractivity contribution in [1.82, 2.24) is 4.57 Å². The van der Waals surface area contributed by atoms with Gasteiger partial charge in [-0.2, -0.15) is 0 Å². The maximum absolute atomic E-state index is 13.2. The third-order valence-corrected chi connectivity index (χ3v) is 2.97. The Morgan fingerprint density at radius 3 is 2.58 bits per heavy atom. The molecule has 2 rings (SSSR count). The lowest BCUT2D eigenvalue weighted by Crippen LogP contribution is -2.26. The molecule has 1 heterocycles. The molecule has 0 amide bonds. The zero-order valence-corrected chi connectivity index (χ0v) is 10.1. The Kier molecular flexibility index (Phi) is 3.55. The van der Waals surface area contributed by atoms with Crippen LogP contribution in [0.5, 0.6) is 0 Å². The van der Waals surface area contributed by atoms with E-state index in [9.17, 15) is 18.4 Å². The number of nitrogens with zero attached hydrogens (tertiary/aromatic N) is 1. The zero-order valence-electron chi connectivity index (χ0n) is 10.1. The molecule has 0 saturated heterocycles. The van der Waals surface area contributed by atoms with Crippen LogP contribution in [0.4, 0.5) is 8.78 Å². The van der Waals surface area contributed by atoms with Gasteiger partial charge in [-0.1, -0.05) is 6.07 Å². The summed E-state index contributed by atoms with van der Waals surface area (Å²) in [5, 5.41) is 0. The SMILES string of the molecule is CC(c1ccc(F)c(F)c1)n1cccc(C=O)c1=O. The van der Waals surface area contributed by atoms with Crippen molar-refractivity contribution in [2.45, 2.75) is 13.0 Å². The van der Waals surface area contributed by atoms with Crippen molar-refractivity contribution in [3.8, 4) is 0 Å². The van der Waals surface area contributed by atoms with Crippen LogP contribution in [0.3, 0.4) is 0 Å². The molecular formula is C14H11F2NO2. The normalized spacial score (nSPS) is 12.2. The number of aromatic nitrogens is 1. The molecule has 2 aromatic rings. The zero-order chi connectivity index (χ0) is 14.0. The molecule has 0 aliphatic heterocycles. The van der Waals surface area contributed by atoms with Gasteiger partial charge in [-0.25, -0.2) is 8.78 Å². The Morgan fingerprint density at radius 1 is 1.21 bits per heavy atom. The van der Waals surface area contributed by atoms with Crippen molar-refractivity contribution in [1.29, 1.82) is 0 Å². The Bertz CT molecular complexity index is 679. The predicted octanol–water partition coefficient (Wildman–Crippen LogP) is 2.55. The fourth-order valence-electron chi connectivity index (χ4n) is 1.85. The first-order valence-corrected chi connectivity index (χ1v) is 5.66. The highest BCUT2D eigenvalue weighted by Crippen LogP contribution is 2.18. The van der Waals surface area contributed by atoms with Gasteiger partial charge in [0.05, 0.1) is 11.6 Å². The van der Waals surface area contributed by atoms with Crippen molar-refractivity contribution in [3.05, 3.63) is 69.6 Å². The molecule has 1 unspecified atom stereocenters. The molecule has 0 N–H and O–H groups in total. The summed E-state index contributed by atoms with van der Waals surface area (Å²) < 4.78 is 27.4. The number of hydrogen-bond acceptors (Lipinski definition) is 2. The monoisotopic (exact) mass is 263 g/mol. The van der Waals surface area contributed by atoms with Crippen LogP contribution in [0.15, 0.2) is 41.3 Å². The average Bonchev–Trinajstić information content (AvgIpc) is 2.41. The Hall–Kier alpha value is -2.30. The van der Waals surface area contributed by atoms with Crippen molar-refractivity contribution in [2.75, 3.05) is 0 Å². The molecule has 0 radical (unpaired) electrons. The van der Waals surface area contributed by atoms with Crippen LogP contribution >= 0.6 is 0 Å². The molecule has 3 nitrogen and oxygen atoms in total. The number of hydrogen-bond donors (Lipinski definition) is 0. The van der Waals surface area contributed by atoms with Gasteiger partial charge in [0.15, 0.2) is 17.9 Å². The summed E-state index contributed by atoms with van der Waals surface area (Å²) in [7, 11) is 0. The molecule has 0 bridgehead atoms. The molecule has 1 atom stereocenters. The third-order valence-electron chi connectivity index (χ3n) is 2.97. The number of benzene rings is 1. The molecule has 0 saturated carbocycles. The van der Waals surface area contributed by atoms with Crippen molar-refractivity contribution in [3.63, 3.8) is 0 Å². The van der Waals surface area contributed by atoms with Crippen LogP contribution in [0.25, 0.3) is 0 Å². The smallest absolute Gasteiger partial charge is 0.261 e. The van der Waals surface area contributed by atoms with Crippen LogP contribution < -0.4 is 5.56 Å². The van der Waals surface area contributed by atoms with Gasteiger partial charge in [0.25, 0.3) is 5.56 Å². The second kappa shape index (κ2) is 5.14. The second-order valence-corrected chi connectivity index (χ2v) is 4.14. The van der Waals surface area contributed by atoms with E-state index in [1.807, 2.05) is 0 Å². The molecule has 0 spiro atoms. The highest BCUT2D eigenvalue weighted by molar-refractivity contribution is 5.73. The number of halogens is 2. The fraction of sp³-hybridized carbons (Fsp3) is 0.143. The topological polar surface area (TPSA) is 39.1 Å². The summed E-state index contributed by atoms with van der Waals surface area (Å²) in [6, 6.07) is 5.92. The Labute approximate surface area is 108 Å². The van der Waals surface area contributed by atoms with Crippen LogP contribution in [0.2, 0.25) is 0 Å². The molecule has 1 aromatic carbocycles. The van der Waals surface area contributed by atoms with Crippen LogP contribution in [-0.2, 0) is 0 Å². The molecule has 5 heteroatoms. The number of carbonyl (C=O) groups is 1. The molecule has 0 aliphatic rings.